The molecular weight excluding hydrogens is 251 g/mol. The van der Waals surface area contributed by atoms with Crippen LogP contribution >= 0.6 is 11.3 Å². The summed E-state index contributed by atoms with van der Waals surface area (Å²) in [5, 5.41) is 6.32. The van der Waals surface area contributed by atoms with Gasteiger partial charge in [-0.2, -0.15) is 4.98 Å². The lowest BCUT2D eigenvalue weighted by Gasteiger charge is -1.96. The van der Waals surface area contributed by atoms with Gasteiger partial charge in [0.1, 0.15) is 5.82 Å². The predicted octanol–water partition coefficient (Wildman–Crippen LogP) is 2.10. The second kappa shape index (κ2) is 4.47. The molecule has 0 aliphatic rings. The molecule has 0 atom stereocenters. The minimum atomic E-state index is -0.309. The van der Waals surface area contributed by atoms with Gasteiger partial charge in [0.05, 0.1) is 11.3 Å². The number of hydrogen-bond donors (Lipinski definition) is 1. The number of hydrogen-bond acceptors (Lipinski definition) is 4. The number of nitrogens with two attached hydrogens (primary N) is 1. The Morgan fingerprint density at radius 2 is 2.17 bits per heavy atom. The van der Waals surface area contributed by atoms with Gasteiger partial charge in [-0.3, -0.25) is 0 Å². The number of thiazole rings is 1. The molecule has 0 radical (unpaired) electrons. The number of nitrogens with zero attached hydrogens (tertiary/aromatic N) is 3. The van der Waals surface area contributed by atoms with Crippen LogP contribution in [0.25, 0.3) is 16.3 Å². The van der Waals surface area contributed by atoms with Crippen LogP contribution in [0.1, 0.15) is 5.69 Å². The largest absolute Gasteiger partial charge is 0.330 e. The second-order valence-corrected chi connectivity index (χ2v) is 4.71. The van der Waals surface area contributed by atoms with Gasteiger partial charge in [-0.15, -0.1) is 16.4 Å². The molecule has 2 heterocycles. The van der Waals surface area contributed by atoms with Crippen LogP contribution in [0.15, 0.2) is 29.6 Å². The topological polar surface area (TPSA) is 56.2 Å². The van der Waals surface area contributed by atoms with Gasteiger partial charge < -0.3 is 5.73 Å². The Kier molecular flexibility index (Phi) is 2.81. The van der Waals surface area contributed by atoms with Crippen LogP contribution in [-0.2, 0) is 6.42 Å². The van der Waals surface area contributed by atoms with E-state index in [1.165, 1.54) is 17.4 Å². The van der Waals surface area contributed by atoms with Crippen molar-refractivity contribution in [2.24, 2.45) is 5.73 Å². The molecule has 92 valence electrons. The monoisotopic (exact) mass is 262 g/mol. The predicted molar refractivity (Wildman–Crippen MR) is 69.0 cm³/mol. The summed E-state index contributed by atoms with van der Waals surface area (Å²) in [6, 6.07) is 6.51. The Morgan fingerprint density at radius 1 is 1.33 bits per heavy atom. The quantitative estimate of drug-likeness (QED) is 0.786. The van der Waals surface area contributed by atoms with E-state index in [4.69, 9.17) is 5.73 Å². The van der Waals surface area contributed by atoms with Crippen molar-refractivity contribution in [2.45, 2.75) is 6.42 Å². The van der Waals surface area contributed by atoms with Gasteiger partial charge in [0, 0.05) is 11.8 Å². The highest BCUT2D eigenvalue weighted by molar-refractivity contribution is 7.15. The first-order valence-electron chi connectivity index (χ1n) is 5.57. The van der Waals surface area contributed by atoms with Crippen molar-refractivity contribution >= 4 is 16.3 Å². The lowest BCUT2D eigenvalue weighted by Crippen LogP contribution is -2.05. The maximum atomic E-state index is 13.7. The van der Waals surface area contributed by atoms with Crippen LogP contribution in [0.4, 0.5) is 4.39 Å². The summed E-state index contributed by atoms with van der Waals surface area (Å²) in [6.07, 6.45) is 0.736. The fraction of sp³-hybridized carbons (Fsp3) is 0.167. The van der Waals surface area contributed by atoms with Gasteiger partial charge in [0.25, 0.3) is 0 Å². The molecule has 0 saturated carbocycles. The van der Waals surface area contributed by atoms with Crippen LogP contribution in [0, 0.1) is 5.82 Å². The van der Waals surface area contributed by atoms with Crippen molar-refractivity contribution in [1.82, 2.24) is 14.6 Å². The Labute approximate surface area is 107 Å². The highest BCUT2D eigenvalue weighted by atomic mass is 32.1. The van der Waals surface area contributed by atoms with Crippen LogP contribution in [0.5, 0.6) is 0 Å². The van der Waals surface area contributed by atoms with Gasteiger partial charge in [-0.05, 0) is 18.7 Å². The first-order valence-corrected chi connectivity index (χ1v) is 6.45. The van der Waals surface area contributed by atoms with E-state index in [1.807, 2.05) is 5.38 Å². The molecule has 0 amide bonds. The Morgan fingerprint density at radius 3 is 2.94 bits per heavy atom. The molecule has 0 bridgehead atoms. The second-order valence-electron chi connectivity index (χ2n) is 3.88. The molecular formula is C12H11FN4S. The van der Waals surface area contributed by atoms with E-state index in [0.29, 0.717) is 17.9 Å². The van der Waals surface area contributed by atoms with Crippen LogP contribution in [0.3, 0.4) is 0 Å². The van der Waals surface area contributed by atoms with Crippen molar-refractivity contribution in [3.63, 3.8) is 0 Å². The summed E-state index contributed by atoms with van der Waals surface area (Å²) in [7, 11) is 0. The number of halogens is 1. The molecule has 1 aromatic carbocycles. The van der Waals surface area contributed by atoms with E-state index in [9.17, 15) is 4.39 Å². The fourth-order valence-electron chi connectivity index (χ4n) is 1.80. The molecule has 0 saturated heterocycles. The smallest absolute Gasteiger partial charge is 0.212 e. The standard InChI is InChI=1S/C12H11FN4S/c13-10-4-2-1-3-9(10)11-15-12-17(16-11)8(5-6-14)7-18-12/h1-4,7H,5-6,14H2. The lowest BCUT2D eigenvalue weighted by atomic mass is 10.2. The summed E-state index contributed by atoms with van der Waals surface area (Å²) in [6.45, 7) is 0.556. The van der Waals surface area contributed by atoms with Crippen LogP contribution < -0.4 is 5.73 Å². The van der Waals surface area contributed by atoms with E-state index >= 15 is 0 Å². The molecule has 2 N–H and O–H groups in total. The number of benzene rings is 1. The summed E-state index contributed by atoms with van der Waals surface area (Å²) >= 11 is 1.49. The van der Waals surface area contributed by atoms with Crippen molar-refractivity contribution < 1.29 is 4.39 Å². The molecule has 2 aromatic heterocycles. The van der Waals surface area contributed by atoms with Crippen molar-refractivity contribution in [3.05, 3.63) is 41.2 Å². The Bertz CT molecular complexity index is 688. The average molecular weight is 262 g/mol. The van der Waals surface area contributed by atoms with Crippen LogP contribution in [0.2, 0.25) is 0 Å². The zero-order chi connectivity index (χ0) is 12.5. The molecule has 0 fully saturated rings. The van der Waals surface area contributed by atoms with Crippen LogP contribution in [-0.4, -0.2) is 21.1 Å². The molecule has 0 unspecified atom stereocenters. The van der Waals surface area contributed by atoms with E-state index in [2.05, 4.69) is 10.1 Å². The summed E-state index contributed by atoms with van der Waals surface area (Å²) < 4.78 is 15.4. The zero-order valence-electron chi connectivity index (χ0n) is 9.51. The molecule has 0 spiro atoms. The molecule has 0 aliphatic heterocycles. The highest BCUT2D eigenvalue weighted by Crippen LogP contribution is 2.22. The third kappa shape index (κ3) is 1.79. The van der Waals surface area contributed by atoms with E-state index in [1.54, 1.807) is 22.7 Å². The third-order valence-electron chi connectivity index (χ3n) is 2.67. The number of rotatable bonds is 3. The number of aromatic nitrogens is 3. The summed E-state index contributed by atoms with van der Waals surface area (Å²) in [4.78, 5) is 5.10. The van der Waals surface area contributed by atoms with Gasteiger partial charge in [0.2, 0.25) is 4.96 Å². The van der Waals surface area contributed by atoms with Crippen molar-refractivity contribution in [1.29, 1.82) is 0 Å². The molecule has 3 rings (SSSR count). The first-order chi connectivity index (χ1) is 8.79. The molecule has 18 heavy (non-hydrogen) atoms. The van der Waals surface area contributed by atoms with Gasteiger partial charge in [-0.25, -0.2) is 8.91 Å². The minimum absolute atomic E-state index is 0.309. The summed E-state index contributed by atoms with van der Waals surface area (Å²) in [5.41, 5.74) is 6.97. The van der Waals surface area contributed by atoms with E-state index in [0.717, 1.165) is 17.1 Å². The van der Waals surface area contributed by atoms with Gasteiger partial charge >= 0.3 is 0 Å². The zero-order valence-corrected chi connectivity index (χ0v) is 10.3. The normalized spacial score (nSPS) is 11.2. The van der Waals surface area contributed by atoms with Crippen molar-refractivity contribution in [2.75, 3.05) is 6.54 Å². The van der Waals surface area contributed by atoms with Gasteiger partial charge in [-0.1, -0.05) is 12.1 Å². The van der Waals surface area contributed by atoms with Gasteiger partial charge in [0.15, 0.2) is 5.82 Å². The third-order valence-corrected chi connectivity index (χ3v) is 3.53. The first kappa shape index (κ1) is 11.3. The minimum Gasteiger partial charge on any atom is -0.330 e. The number of fused-ring (bicyclic) bond motifs is 1. The average Bonchev–Trinajstić information content (AvgIpc) is 2.92. The highest BCUT2D eigenvalue weighted by Gasteiger charge is 2.13. The maximum Gasteiger partial charge on any atom is 0.212 e. The maximum absolute atomic E-state index is 13.7. The van der Waals surface area contributed by atoms with Crippen molar-refractivity contribution in [3.8, 4) is 11.4 Å². The lowest BCUT2D eigenvalue weighted by molar-refractivity contribution is 0.630. The molecule has 3 aromatic rings. The SMILES string of the molecule is NCCc1csc2nc(-c3ccccc3F)nn12. The Hall–Kier alpha value is -1.79. The molecule has 0 aliphatic carbocycles. The Balaban J connectivity index is 2.11. The van der Waals surface area contributed by atoms with E-state index < -0.39 is 0 Å². The molecule has 4 nitrogen and oxygen atoms in total. The fourth-order valence-corrected chi connectivity index (χ4v) is 2.66. The summed E-state index contributed by atoms with van der Waals surface area (Å²) in [5.74, 6) is 0.106. The van der Waals surface area contributed by atoms with E-state index in [-0.39, 0.29) is 5.82 Å². The molecule has 6 heteroatoms.